The summed E-state index contributed by atoms with van der Waals surface area (Å²) in [6.45, 7) is 0. The Balaban J connectivity index is 2.62. The fourth-order valence-corrected chi connectivity index (χ4v) is 0.926. The molecule has 0 saturated heterocycles. The van der Waals surface area contributed by atoms with E-state index in [0.717, 1.165) is 0 Å². The zero-order chi connectivity index (χ0) is 11.3. The predicted molar refractivity (Wildman–Crippen MR) is 49.8 cm³/mol. The first-order valence-electron chi connectivity index (χ1n) is 4.26. The Morgan fingerprint density at radius 1 is 1.33 bits per heavy atom. The normalized spacial score (nSPS) is 9.67. The number of methoxy groups -OCH3 is 1. The molecule has 0 spiro atoms. The van der Waals surface area contributed by atoms with E-state index < -0.39 is 5.97 Å². The third-order valence-corrected chi connectivity index (χ3v) is 1.70. The van der Waals surface area contributed by atoms with E-state index in [9.17, 15) is 9.59 Å². The summed E-state index contributed by atoms with van der Waals surface area (Å²) in [4.78, 5) is 21.6. The number of hydrogen-bond acceptors (Lipinski definition) is 5. The van der Waals surface area contributed by atoms with E-state index in [1.165, 1.54) is 19.2 Å². The van der Waals surface area contributed by atoms with Crippen molar-refractivity contribution >= 4 is 11.8 Å². The van der Waals surface area contributed by atoms with Crippen molar-refractivity contribution in [2.24, 2.45) is 0 Å². The first-order valence-corrected chi connectivity index (χ1v) is 4.26. The largest absolute Gasteiger partial charge is 0.481 e. The summed E-state index contributed by atoms with van der Waals surface area (Å²) in [5.74, 6) is -1.04. The van der Waals surface area contributed by atoms with E-state index in [1.807, 2.05) is 0 Å². The van der Waals surface area contributed by atoms with Crippen molar-refractivity contribution in [1.82, 2.24) is 10.2 Å². The van der Waals surface area contributed by atoms with Gasteiger partial charge in [-0.1, -0.05) is 0 Å². The van der Waals surface area contributed by atoms with Gasteiger partial charge in [0.1, 0.15) is 5.69 Å². The van der Waals surface area contributed by atoms with Gasteiger partial charge in [-0.3, -0.25) is 9.59 Å². The van der Waals surface area contributed by atoms with Gasteiger partial charge in [0, 0.05) is 12.5 Å². The van der Waals surface area contributed by atoms with Crippen LogP contribution in [-0.4, -0.2) is 34.2 Å². The zero-order valence-electron chi connectivity index (χ0n) is 8.14. The molecule has 0 fully saturated rings. The topological polar surface area (TPSA) is 89.4 Å². The van der Waals surface area contributed by atoms with Crippen LogP contribution in [0.3, 0.4) is 0 Å². The summed E-state index contributed by atoms with van der Waals surface area (Å²) in [6.07, 6.45) is -0.275. The van der Waals surface area contributed by atoms with Gasteiger partial charge in [-0.15, -0.1) is 10.2 Å². The number of carboxylic acid groups (broad SMARTS) is 1. The highest BCUT2D eigenvalue weighted by atomic mass is 16.5. The maximum atomic E-state index is 11.3. The Labute approximate surface area is 85.9 Å². The summed E-state index contributed by atoms with van der Waals surface area (Å²) in [5.41, 5.74) is 0.150. The van der Waals surface area contributed by atoms with Gasteiger partial charge in [0.25, 0.3) is 0 Å². The van der Waals surface area contributed by atoms with Crippen molar-refractivity contribution in [2.75, 3.05) is 7.11 Å². The Morgan fingerprint density at radius 3 is 2.53 bits per heavy atom. The Kier molecular flexibility index (Phi) is 3.73. The van der Waals surface area contributed by atoms with Gasteiger partial charge in [-0.25, -0.2) is 0 Å². The molecular formula is C9H10N2O4. The summed E-state index contributed by atoms with van der Waals surface area (Å²) in [5, 5.41) is 15.6. The highest BCUT2D eigenvalue weighted by Gasteiger charge is 2.10. The molecule has 1 aromatic rings. The lowest BCUT2D eigenvalue weighted by Crippen LogP contribution is -2.06. The minimum Gasteiger partial charge on any atom is -0.481 e. The van der Waals surface area contributed by atoms with Gasteiger partial charge in [0.15, 0.2) is 5.78 Å². The van der Waals surface area contributed by atoms with Crippen LogP contribution >= 0.6 is 0 Å². The predicted octanol–water partition coefficient (Wildman–Crippen LogP) is 0.533. The van der Waals surface area contributed by atoms with Crippen molar-refractivity contribution in [3.63, 3.8) is 0 Å². The van der Waals surface area contributed by atoms with Crippen LogP contribution in [-0.2, 0) is 4.79 Å². The molecule has 0 unspecified atom stereocenters. The first kappa shape index (κ1) is 11.1. The van der Waals surface area contributed by atoms with Crippen molar-refractivity contribution in [1.29, 1.82) is 0 Å². The number of carbonyl (C=O) groups excluding carboxylic acids is 1. The number of ether oxygens (including phenoxy) is 1. The highest BCUT2D eigenvalue weighted by Crippen LogP contribution is 2.06. The van der Waals surface area contributed by atoms with Crippen LogP contribution in [0, 0.1) is 0 Å². The molecule has 0 amide bonds. The Bertz CT molecular complexity index is 361. The van der Waals surface area contributed by atoms with Crippen molar-refractivity contribution in [3.05, 3.63) is 17.8 Å². The fourth-order valence-electron chi connectivity index (χ4n) is 0.926. The van der Waals surface area contributed by atoms with Crippen LogP contribution in [0.4, 0.5) is 0 Å². The number of aromatic nitrogens is 2. The quantitative estimate of drug-likeness (QED) is 0.713. The highest BCUT2D eigenvalue weighted by molar-refractivity contribution is 5.95. The molecule has 0 saturated carbocycles. The van der Waals surface area contributed by atoms with E-state index in [2.05, 4.69) is 10.2 Å². The van der Waals surface area contributed by atoms with E-state index in [1.54, 1.807) is 0 Å². The molecule has 0 aliphatic carbocycles. The van der Waals surface area contributed by atoms with Crippen molar-refractivity contribution in [2.45, 2.75) is 12.8 Å². The molecule has 0 aliphatic heterocycles. The molecule has 15 heavy (non-hydrogen) atoms. The average Bonchev–Trinajstić information content (AvgIpc) is 2.26. The maximum absolute atomic E-state index is 11.3. The zero-order valence-corrected chi connectivity index (χ0v) is 8.14. The number of nitrogens with zero attached hydrogens (tertiary/aromatic N) is 2. The van der Waals surface area contributed by atoms with Crippen molar-refractivity contribution < 1.29 is 19.4 Å². The molecule has 1 rings (SSSR count). The van der Waals surface area contributed by atoms with Crippen LogP contribution in [0.25, 0.3) is 0 Å². The number of hydrogen-bond donors (Lipinski definition) is 1. The van der Waals surface area contributed by atoms with Gasteiger partial charge in [0.2, 0.25) is 5.88 Å². The molecule has 1 aromatic heterocycles. The van der Waals surface area contributed by atoms with E-state index in [-0.39, 0.29) is 24.3 Å². The molecule has 1 N–H and O–H groups in total. The number of Topliss-reactive ketones (excluding diaryl/α,β-unsaturated/α-hetero) is 1. The standard InChI is InChI=1S/C9H10N2O4/c1-15-8-4-2-6(10-11-8)7(12)3-5-9(13)14/h2,4H,3,5H2,1H3,(H,13,14). The molecule has 6 heteroatoms. The minimum absolute atomic E-state index is 0.0731. The molecule has 0 bridgehead atoms. The number of rotatable bonds is 5. The van der Waals surface area contributed by atoms with Gasteiger partial charge < -0.3 is 9.84 Å². The number of aliphatic carboxylic acids is 1. The summed E-state index contributed by atoms with van der Waals surface area (Å²) in [6, 6.07) is 2.96. The molecule has 80 valence electrons. The van der Waals surface area contributed by atoms with Crippen LogP contribution in [0.1, 0.15) is 23.3 Å². The average molecular weight is 210 g/mol. The third kappa shape index (κ3) is 3.34. The Hall–Kier alpha value is -1.98. The van der Waals surface area contributed by atoms with E-state index >= 15 is 0 Å². The second-order valence-corrected chi connectivity index (χ2v) is 2.78. The molecule has 0 atom stereocenters. The van der Waals surface area contributed by atoms with Crippen molar-refractivity contribution in [3.8, 4) is 5.88 Å². The van der Waals surface area contributed by atoms with Crippen LogP contribution in [0.5, 0.6) is 5.88 Å². The van der Waals surface area contributed by atoms with Gasteiger partial charge in [-0.05, 0) is 6.07 Å². The fraction of sp³-hybridized carbons (Fsp3) is 0.333. The first-order chi connectivity index (χ1) is 7.13. The van der Waals surface area contributed by atoms with Crippen LogP contribution < -0.4 is 4.74 Å². The monoisotopic (exact) mass is 210 g/mol. The van der Waals surface area contributed by atoms with Gasteiger partial charge in [-0.2, -0.15) is 0 Å². The summed E-state index contributed by atoms with van der Waals surface area (Å²) >= 11 is 0. The number of carbonyl (C=O) groups is 2. The lowest BCUT2D eigenvalue weighted by molar-refractivity contribution is -0.136. The molecule has 1 heterocycles. The SMILES string of the molecule is COc1ccc(C(=O)CCC(=O)O)nn1. The second kappa shape index (κ2) is 5.04. The maximum Gasteiger partial charge on any atom is 0.303 e. The number of ketones is 1. The van der Waals surface area contributed by atoms with E-state index in [4.69, 9.17) is 9.84 Å². The van der Waals surface area contributed by atoms with Gasteiger partial charge in [0.05, 0.1) is 13.5 Å². The molecule has 0 aromatic carbocycles. The third-order valence-electron chi connectivity index (χ3n) is 1.70. The smallest absolute Gasteiger partial charge is 0.303 e. The summed E-state index contributed by atoms with van der Waals surface area (Å²) in [7, 11) is 1.44. The lowest BCUT2D eigenvalue weighted by atomic mass is 10.1. The lowest BCUT2D eigenvalue weighted by Gasteiger charge is -1.99. The number of carboxylic acids is 1. The molecular weight excluding hydrogens is 200 g/mol. The summed E-state index contributed by atoms with van der Waals surface area (Å²) < 4.78 is 4.77. The van der Waals surface area contributed by atoms with E-state index in [0.29, 0.717) is 5.88 Å². The van der Waals surface area contributed by atoms with Crippen LogP contribution in [0.15, 0.2) is 12.1 Å². The molecule has 0 aliphatic rings. The Morgan fingerprint density at radius 2 is 2.07 bits per heavy atom. The van der Waals surface area contributed by atoms with Gasteiger partial charge >= 0.3 is 5.97 Å². The second-order valence-electron chi connectivity index (χ2n) is 2.78. The minimum atomic E-state index is -1.01. The van der Waals surface area contributed by atoms with Crippen LogP contribution in [0.2, 0.25) is 0 Å². The molecule has 6 nitrogen and oxygen atoms in total. The molecule has 0 radical (unpaired) electrons.